The molecule has 23 heavy (non-hydrogen) atoms. The second-order valence-electron chi connectivity index (χ2n) is 6.42. The number of aryl methyl sites for hydroxylation is 2. The average molecular weight is 319 g/mol. The van der Waals surface area contributed by atoms with E-state index in [0.717, 1.165) is 16.9 Å². The zero-order valence-electron chi connectivity index (χ0n) is 14.0. The van der Waals surface area contributed by atoms with E-state index in [9.17, 15) is 9.59 Å². The van der Waals surface area contributed by atoms with E-state index in [1.165, 1.54) is 0 Å². The Hall–Kier alpha value is -2.04. The van der Waals surface area contributed by atoms with Crippen LogP contribution in [0.3, 0.4) is 0 Å². The molecule has 1 amide bonds. The number of benzene rings is 1. The monoisotopic (exact) mass is 319 g/mol. The molecule has 5 nitrogen and oxygen atoms in total. The van der Waals surface area contributed by atoms with Crippen LogP contribution in [0.4, 0.5) is 0 Å². The van der Waals surface area contributed by atoms with Crippen molar-refractivity contribution in [2.75, 3.05) is 19.7 Å². The first kappa shape index (κ1) is 17.3. The van der Waals surface area contributed by atoms with Gasteiger partial charge in [0.15, 0.2) is 0 Å². The maximum atomic E-state index is 12.3. The van der Waals surface area contributed by atoms with Crippen LogP contribution in [0, 0.1) is 25.7 Å². The predicted molar refractivity (Wildman–Crippen MR) is 87.5 cm³/mol. The highest BCUT2D eigenvalue weighted by Gasteiger charge is 2.32. The van der Waals surface area contributed by atoms with Crippen LogP contribution < -0.4 is 4.74 Å². The largest absolute Gasteiger partial charge is 0.493 e. The van der Waals surface area contributed by atoms with E-state index in [1.54, 1.807) is 4.90 Å². The molecule has 0 aliphatic carbocycles. The minimum Gasteiger partial charge on any atom is -0.493 e. The van der Waals surface area contributed by atoms with Gasteiger partial charge < -0.3 is 14.7 Å². The number of piperidine rings is 1. The van der Waals surface area contributed by atoms with Gasteiger partial charge in [-0.15, -0.1) is 0 Å². The van der Waals surface area contributed by atoms with E-state index in [2.05, 4.69) is 0 Å². The van der Waals surface area contributed by atoms with E-state index >= 15 is 0 Å². The molecule has 0 spiro atoms. The number of amides is 1. The smallest absolute Gasteiger partial charge is 0.306 e. The first-order chi connectivity index (χ1) is 10.9. The summed E-state index contributed by atoms with van der Waals surface area (Å²) in [6, 6.07) is 6.01. The summed E-state index contributed by atoms with van der Waals surface area (Å²) in [5.41, 5.74) is 2.18. The van der Waals surface area contributed by atoms with Gasteiger partial charge in [-0.25, -0.2) is 0 Å². The van der Waals surface area contributed by atoms with E-state index in [1.807, 2.05) is 39.0 Å². The van der Waals surface area contributed by atoms with Gasteiger partial charge in [0, 0.05) is 13.1 Å². The van der Waals surface area contributed by atoms with Crippen molar-refractivity contribution in [1.29, 1.82) is 0 Å². The van der Waals surface area contributed by atoms with Gasteiger partial charge in [0.1, 0.15) is 5.75 Å². The molecule has 0 radical (unpaired) electrons. The summed E-state index contributed by atoms with van der Waals surface area (Å²) in [7, 11) is 0. The van der Waals surface area contributed by atoms with E-state index < -0.39 is 5.97 Å². The highest BCUT2D eigenvalue weighted by atomic mass is 16.5. The summed E-state index contributed by atoms with van der Waals surface area (Å²) in [5, 5.41) is 9.13. The number of carbonyl (C=O) groups is 2. The van der Waals surface area contributed by atoms with Gasteiger partial charge in [0.05, 0.1) is 18.9 Å². The highest BCUT2D eigenvalue weighted by molar-refractivity contribution is 5.77. The Morgan fingerprint density at radius 2 is 2.09 bits per heavy atom. The molecule has 2 unspecified atom stereocenters. The molecule has 1 saturated heterocycles. The number of carbonyl (C=O) groups excluding carboxylic acids is 1. The van der Waals surface area contributed by atoms with Crippen LogP contribution in [0.2, 0.25) is 0 Å². The number of carboxylic acid groups (broad SMARTS) is 1. The molecule has 0 saturated carbocycles. The lowest BCUT2D eigenvalue weighted by molar-refractivity contribution is -0.148. The van der Waals surface area contributed by atoms with Crippen LogP contribution in [-0.2, 0) is 9.59 Å². The first-order valence-electron chi connectivity index (χ1n) is 8.09. The number of likely N-dealkylation sites (tertiary alicyclic amines) is 1. The number of rotatable bonds is 5. The fourth-order valence-electron chi connectivity index (χ4n) is 3.01. The van der Waals surface area contributed by atoms with Gasteiger partial charge in [0.2, 0.25) is 5.91 Å². The Kier molecular flexibility index (Phi) is 5.64. The summed E-state index contributed by atoms with van der Waals surface area (Å²) in [4.78, 5) is 25.1. The van der Waals surface area contributed by atoms with Crippen LogP contribution in [-0.4, -0.2) is 41.6 Å². The molecule has 1 N–H and O–H groups in total. The van der Waals surface area contributed by atoms with E-state index in [-0.39, 0.29) is 17.7 Å². The summed E-state index contributed by atoms with van der Waals surface area (Å²) in [5.74, 6) is -0.264. The van der Waals surface area contributed by atoms with Crippen molar-refractivity contribution in [3.8, 4) is 5.75 Å². The second-order valence-corrected chi connectivity index (χ2v) is 6.42. The van der Waals surface area contributed by atoms with Crippen molar-refractivity contribution >= 4 is 11.9 Å². The maximum Gasteiger partial charge on any atom is 0.306 e. The molecular formula is C18H25NO4. The van der Waals surface area contributed by atoms with Crippen molar-refractivity contribution in [1.82, 2.24) is 4.90 Å². The number of carboxylic acids is 1. The molecular weight excluding hydrogens is 294 g/mol. The van der Waals surface area contributed by atoms with Gasteiger partial charge in [-0.3, -0.25) is 9.59 Å². The number of nitrogens with zero attached hydrogens (tertiary/aromatic N) is 1. The fraction of sp³-hybridized carbons (Fsp3) is 0.556. The van der Waals surface area contributed by atoms with Crippen LogP contribution in [0.25, 0.3) is 0 Å². The number of ether oxygens (including phenoxy) is 1. The molecule has 2 atom stereocenters. The molecule has 5 heteroatoms. The SMILES string of the molecule is Cc1ccc(C)c(OCCC(=O)N2CCC(C(=O)O)C(C)C2)c1. The standard InChI is InChI=1S/C18H25NO4/c1-12-4-5-13(2)16(10-12)23-9-7-17(20)19-8-6-15(18(21)22)14(3)11-19/h4-5,10,14-15H,6-9,11H2,1-3H3,(H,21,22). The Labute approximate surface area is 137 Å². The van der Waals surface area contributed by atoms with Crippen molar-refractivity contribution in [3.05, 3.63) is 29.3 Å². The van der Waals surface area contributed by atoms with Gasteiger partial charge >= 0.3 is 5.97 Å². The maximum absolute atomic E-state index is 12.3. The quantitative estimate of drug-likeness (QED) is 0.906. The van der Waals surface area contributed by atoms with E-state index in [4.69, 9.17) is 9.84 Å². The molecule has 1 aliphatic rings. The number of hydrogen-bond donors (Lipinski definition) is 1. The Balaban J connectivity index is 1.81. The number of aliphatic carboxylic acids is 1. The van der Waals surface area contributed by atoms with Crippen LogP contribution >= 0.6 is 0 Å². The predicted octanol–water partition coefficient (Wildman–Crippen LogP) is 2.64. The molecule has 1 aliphatic heterocycles. The van der Waals surface area contributed by atoms with Crippen LogP contribution in [0.5, 0.6) is 5.75 Å². The first-order valence-corrected chi connectivity index (χ1v) is 8.09. The average Bonchev–Trinajstić information content (AvgIpc) is 2.50. The minimum atomic E-state index is -0.761. The fourth-order valence-corrected chi connectivity index (χ4v) is 3.01. The summed E-state index contributed by atoms with van der Waals surface area (Å²) < 4.78 is 5.72. The van der Waals surface area contributed by atoms with Gasteiger partial charge in [-0.1, -0.05) is 19.1 Å². The molecule has 1 aromatic carbocycles. The summed E-state index contributed by atoms with van der Waals surface area (Å²) in [6.45, 7) is 7.25. The van der Waals surface area contributed by atoms with Crippen molar-refractivity contribution in [3.63, 3.8) is 0 Å². The molecule has 126 valence electrons. The lowest BCUT2D eigenvalue weighted by atomic mass is 9.87. The normalized spacial score (nSPS) is 21.1. The topological polar surface area (TPSA) is 66.8 Å². The van der Waals surface area contributed by atoms with Crippen molar-refractivity contribution < 1.29 is 19.4 Å². The lowest BCUT2D eigenvalue weighted by Crippen LogP contribution is -2.45. The van der Waals surface area contributed by atoms with Crippen molar-refractivity contribution in [2.24, 2.45) is 11.8 Å². The zero-order valence-corrected chi connectivity index (χ0v) is 14.0. The zero-order chi connectivity index (χ0) is 17.0. The molecule has 0 aromatic heterocycles. The molecule has 1 fully saturated rings. The third kappa shape index (κ3) is 4.47. The Morgan fingerprint density at radius 3 is 2.74 bits per heavy atom. The molecule has 0 bridgehead atoms. The van der Waals surface area contributed by atoms with Crippen LogP contribution in [0.15, 0.2) is 18.2 Å². The van der Waals surface area contributed by atoms with Gasteiger partial charge in [0.25, 0.3) is 0 Å². The lowest BCUT2D eigenvalue weighted by Gasteiger charge is -2.35. The molecule has 1 aromatic rings. The third-order valence-electron chi connectivity index (χ3n) is 4.49. The molecule has 1 heterocycles. The summed E-state index contributed by atoms with van der Waals surface area (Å²) in [6.07, 6.45) is 0.845. The highest BCUT2D eigenvalue weighted by Crippen LogP contribution is 2.24. The van der Waals surface area contributed by atoms with E-state index in [0.29, 0.717) is 32.5 Å². The van der Waals surface area contributed by atoms with Crippen molar-refractivity contribution in [2.45, 2.75) is 33.6 Å². The van der Waals surface area contributed by atoms with Gasteiger partial charge in [-0.2, -0.15) is 0 Å². The molecule has 2 rings (SSSR count). The third-order valence-corrected chi connectivity index (χ3v) is 4.49. The Morgan fingerprint density at radius 1 is 1.35 bits per heavy atom. The Bertz CT molecular complexity index is 584. The van der Waals surface area contributed by atoms with Crippen LogP contribution in [0.1, 0.15) is 30.9 Å². The van der Waals surface area contributed by atoms with Gasteiger partial charge in [-0.05, 0) is 43.4 Å². The summed E-state index contributed by atoms with van der Waals surface area (Å²) >= 11 is 0. The second kappa shape index (κ2) is 7.49. The minimum absolute atomic E-state index is 0.00913. The number of hydrogen-bond acceptors (Lipinski definition) is 3.